The predicted octanol–water partition coefficient (Wildman–Crippen LogP) is 3.92. The first-order chi connectivity index (χ1) is 20.6. The van der Waals surface area contributed by atoms with E-state index < -0.39 is 17.2 Å². The number of piperazine rings is 1. The molecule has 1 amide bonds. The van der Waals surface area contributed by atoms with Crippen LogP contribution in [0.1, 0.15) is 51.6 Å². The van der Waals surface area contributed by atoms with Gasteiger partial charge in [-0.05, 0) is 70.8 Å². The highest BCUT2D eigenvalue weighted by atomic mass is 35.5. The third-order valence-electron chi connectivity index (χ3n) is 7.83. The van der Waals surface area contributed by atoms with Gasteiger partial charge in [0, 0.05) is 63.1 Å². The molecule has 5 rings (SSSR count). The summed E-state index contributed by atoms with van der Waals surface area (Å²) >= 11 is 5.92. The van der Waals surface area contributed by atoms with Crippen LogP contribution in [-0.4, -0.2) is 96.2 Å². The third kappa shape index (κ3) is 9.37. The Morgan fingerprint density at radius 3 is 2.44 bits per heavy atom. The van der Waals surface area contributed by atoms with E-state index in [4.69, 9.17) is 16.3 Å². The molecule has 2 aliphatic rings. The van der Waals surface area contributed by atoms with Crippen molar-refractivity contribution in [2.45, 2.75) is 57.2 Å². The molecule has 43 heavy (non-hydrogen) atoms. The van der Waals surface area contributed by atoms with E-state index in [1.165, 1.54) is 11.9 Å². The first kappa shape index (κ1) is 32.7. The Morgan fingerprint density at radius 2 is 1.81 bits per heavy atom. The smallest absolute Gasteiger partial charge is 0.408 e. The number of benzene rings is 1. The second kappa shape index (κ2) is 15.0. The fourth-order valence-corrected chi connectivity index (χ4v) is 5.55. The van der Waals surface area contributed by atoms with Crippen LogP contribution < -0.4 is 20.9 Å². The van der Waals surface area contributed by atoms with Crippen molar-refractivity contribution < 1.29 is 14.3 Å². The molecule has 234 valence electrons. The molecule has 2 aromatic heterocycles. The molecule has 0 radical (unpaired) electrons. The number of halogens is 1. The normalized spacial score (nSPS) is 17.9. The zero-order valence-corrected chi connectivity index (χ0v) is 26.4. The van der Waals surface area contributed by atoms with Gasteiger partial charge in [-0.15, -0.1) is 0 Å². The number of alkyl carbamates (subject to hydrolysis) is 1. The van der Waals surface area contributed by atoms with Gasteiger partial charge in [0.25, 0.3) is 0 Å². The number of anilines is 1. The summed E-state index contributed by atoms with van der Waals surface area (Å²) in [5, 5.41) is 11.3. The van der Waals surface area contributed by atoms with E-state index in [0.29, 0.717) is 32.0 Å². The topological polar surface area (TPSA) is 128 Å². The maximum atomic E-state index is 12.1. The van der Waals surface area contributed by atoms with Crippen LogP contribution in [0.25, 0.3) is 11.0 Å². The number of hydrogen-bond donors (Lipinski definition) is 4. The maximum absolute atomic E-state index is 12.1. The van der Waals surface area contributed by atoms with Crippen LogP contribution in [0.4, 0.5) is 10.6 Å². The average molecular weight is 613 g/mol. The molecule has 1 aromatic carbocycles. The Morgan fingerprint density at radius 1 is 1.12 bits per heavy atom. The number of aromatic amines is 1. The quantitative estimate of drug-likeness (QED) is 0.280. The van der Waals surface area contributed by atoms with E-state index in [-0.39, 0.29) is 0 Å². The summed E-state index contributed by atoms with van der Waals surface area (Å²) < 4.78 is 5.28. The van der Waals surface area contributed by atoms with Crippen molar-refractivity contribution in [1.82, 2.24) is 35.8 Å². The van der Waals surface area contributed by atoms with Gasteiger partial charge in [0.1, 0.15) is 35.2 Å². The van der Waals surface area contributed by atoms with E-state index in [1.807, 2.05) is 31.4 Å². The van der Waals surface area contributed by atoms with Crippen LogP contribution in [0.3, 0.4) is 0 Å². The molecular weight excluding hydrogens is 568 g/mol. The lowest BCUT2D eigenvalue weighted by Crippen LogP contribution is -2.57. The first-order valence-corrected chi connectivity index (χ1v) is 15.4. The van der Waals surface area contributed by atoms with E-state index in [9.17, 15) is 9.59 Å². The summed E-state index contributed by atoms with van der Waals surface area (Å²) in [6.07, 6.45) is 5.72. The first-order valence-electron chi connectivity index (χ1n) is 15.0. The van der Waals surface area contributed by atoms with Crippen LogP contribution in [0.5, 0.6) is 0 Å². The zero-order chi connectivity index (χ0) is 30.9. The average Bonchev–Trinajstić information content (AvgIpc) is 3.48. The minimum absolute atomic E-state index is 0.414. The standard InChI is InChI=1S/C17H23N5O3.C14H22ClN3/c1-16(2,3)25-15(24)21-17(10-23)5-8-22(9-6-17)14-12-4-7-18-13(12)19-11-20-14;1-16-14(12-2-4-13(15)5-3-12)6-9-18-10-7-17-8-11-18/h4,7,10-11H,5-6,8-9H2,1-3H3,(H,21,24)(H,18,19,20);2-5,14,16-17H,6-11H2,1H3. The van der Waals surface area contributed by atoms with Crippen LogP contribution >= 0.6 is 11.6 Å². The lowest BCUT2D eigenvalue weighted by Gasteiger charge is -2.39. The Labute approximate surface area is 259 Å². The summed E-state index contributed by atoms with van der Waals surface area (Å²) in [4.78, 5) is 40.0. The fourth-order valence-electron chi connectivity index (χ4n) is 5.43. The number of aldehydes is 1. The number of H-pyrrole nitrogens is 1. The molecule has 0 aliphatic carbocycles. The molecule has 2 saturated heterocycles. The fraction of sp³-hybridized carbons (Fsp3) is 0.548. The molecule has 0 saturated carbocycles. The summed E-state index contributed by atoms with van der Waals surface area (Å²) in [5.41, 5.74) is 0.597. The molecular formula is C31H45ClN8O3. The summed E-state index contributed by atoms with van der Waals surface area (Å²) in [6.45, 7) is 12.3. The van der Waals surface area contributed by atoms with Crippen LogP contribution in [-0.2, 0) is 9.53 Å². The van der Waals surface area contributed by atoms with Crippen molar-refractivity contribution in [2.75, 3.05) is 57.8 Å². The van der Waals surface area contributed by atoms with Gasteiger partial charge < -0.3 is 40.3 Å². The molecule has 3 aromatic rings. The highest BCUT2D eigenvalue weighted by Gasteiger charge is 2.37. The van der Waals surface area contributed by atoms with E-state index >= 15 is 0 Å². The van der Waals surface area contributed by atoms with Gasteiger partial charge >= 0.3 is 6.09 Å². The van der Waals surface area contributed by atoms with E-state index in [0.717, 1.165) is 67.3 Å². The van der Waals surface area contributed by atoms with Crippen molar-refractivity contribution in [3.05, 3.63) is 53.4 Å². The number of fused-ring (bicyclic) bond motifs is 1. The molecule has 1 unspecified atom stereocenters. The molecule has 0 spiro atoms. The molecule has 0 bridgehead atoms. The maximum Gasteiger partial charge on any atom is 0.408 e. The van der Waals surface area contributed by atoms with Gasteiger partial charge in [-0.25, -0.2) is 14.8 Å². The number of hydrogen-bond acceptors (Lipinski definition) is 9. The molecule has 4 heterocycles. The second-order valence-corrected chi connectivity index (χ2v) is 12.5. The van der Waals surface area contributed by atoms with E-state index in [2.05, 4.69) is 52.8 Å². The summed E-state index contributed by atoms with van der Waals surface area (Å²) in [7, 11) is 2.02. The number of amides is 1. The van der Waals surface area contributed by atoms with Gasteiger partial charge in [0.05, 0.1) is 5.39 Å². The van der Waals surface area contributed by atoms with Gasteiger partial charge in [-0.2, -0.15) is 0 Å². The number of aromatic nitrogens is 3. The third-order valence-corrected chi connectivity index (χ3v) is 8.08. The molecule has 1 atom stereocenters. The summed E-state index contributed by atoms with van der Waals surface area (Å²) in [5.74, 6) is 0.836. The minimum Gasteiger partial charge on any atom is -0.444 e. The van der Waals surface area contributed by atoms with Crippen molar-refractivity contribution in [3.63, 3.8) is 0 Å². The Balaban J connectivity index is 0.000000208. The van der Waals surface area contributed by atoms with Crippen molar-refractivity contribution >= 4 is 40.8 Å². The van der Waals surface area contributed by atoms with Crippen molar-refractivity contribution in [1.29, 1.82) is 0 Å². The van der Waals surface area contributed by atoms with Crippen molar-refractivity contribution in [2.24, 2.45) is 0 Å². The zero-order valence-electron chi connectivity index (χ0n) is 25.7. The molecule has 2 fully saturated rings. The Bertz CT molecular complexity index is 1310. The van der Waals surface area contributed by atoms with Crippen LogP contribution in [0.15, 0.2) is 42.9 Å². The Kier molecular flexibility index (Phi) is 11.4. The number of rotatable bonds is 8. The van der Waals surface area contributed by atoms with Gasteiger partial charge in [0.2, 0.25) is 0 Å². The van der Waals surface area contributed by atoms with Crippen LogP contribution in [0.2, 0.25) is 5.02 Å². The largest absolute Gasteiger partial charge is 0.444 e. The second-order valence-electron chi connectivity index (χ2n) is 12.1. The minimum atomic E-state index is -0.900. The van der Waals surface area contributed by atoms with Crippen LogP contribution in [0, 0.1) is 0 Å². The lowest BCUT2D eigenvalue weighted by molar-refractivity contribution is -0.114. The van der Waals surface area contributed by atoms with Gasteiger partial charge in [0.15, 0.2) is 0 Å². The SMILES string of the molecule is CC(C)(C)OC(=O)NC1(C=O)CCN(c2ncnc3[nH]ccc23)CC1.CNC(CCN1CCNCC1)c1ccc(Cl)cc1. The predicted molar refractivity (Wildman–Crippen MR) is 171 cm³/mol. The van der Waals surface area contributed by atoms with Gasteiger partial charge in [-0.3, -0.25) is 0 Å². The number of nitrogens with zero attached hydrogens (tertiary/aromatic N) is 4. The van der Waals surface area contributed by atoms with E-state index in [1.54, 1.807) is 20.8 Å². The molecule has 2 aliphatic heterocycles. The highest BCUT2D eigenvalue weighted by molar-refractivity contribution is 6.30. The monoisotopic (exact) mass is 612 g/mol. The highest BCUT2D eigenvalue weighted by Crippen LogP contribution is 2.28. The number of carbonyl (C=O) groups is 2. The number of piperidine rings is 1. The lowest BCUT2D eigenvalue weighted by atomic mass is 9.89. The molecule has 11 nitrogen and oxygen atoms in total. The Hall–Kier alpha value is -3.25. The molecule has 12 heteroatoms. The number of ether oxygens (including phenoxy) is 1. The van der Waals surface area contributed by atoms with Crippen molar-refractivity contribution in [3.8, 4) is 0 Å². The molecule has 4 N–H and O–H groups in total. The number of nitrogens with one attached hydrogen (secondary N) is 4. The summed E-state index contributed by atoms with van der Waals surface area (Å²) in [6, 6.07) is 10.5. The van der Waals surface area contributed by atoms with Gasteiger partial charge in [-0.1, -0.05) is 23.7 Å². The number of carbonyl (C=O) groups excluding carboxylic acids is 2.